The van der Waals surface area contributed by atoms with Crippen LogP contribution in [-0.2, 0) is 11.2 Å². The quantitative estimate of drug-likeness (QED) is 0.937. The number of nitrogens with one attached hydrogen (secondary N) is 1. The van der Waals surface area contributed by atoms with E-state index >= 15 is 0 Å². The predicted octanol–water partition coefficient (Wildman–Crippen LogP) is 2.17. The Labute approximate surface area is 138 Å². The highest BCUT2D eigenvalue weighted by Gasteiger charge is 2.37. The summed E-state index contributed by atoms with van der Waals surface area (Å²) in [5.41, 5.74) is 1.53. The number of carbonyl (C=O) groups excluding carboxylic acids is 1. The smallest absolute Gasteiger partial charge is 0.228 e. The van der Waals surface area contributed by atoms with Crippen molar-refractivity contribution < 1.29 is 9.18 Å². The van der Waals surface area contributed by atoms with E-state index in [2.05, 4.69) is 10.3 Å². The molecule has 1 aromatic carbocycles. The van der Waals surface area contributed by atoms with Crippen LogP contribution in [-0.4, -0.2) is 42.0 Å². The standard InChI is InChI=1S/C17H18FN3OS/c18-14-3-1-2-11(4-14)17-20-15(10-23-17)5-16(22)21-8-12-6-19-7-13(12)9-21/h1-4,10,12-13,19H,5-9H2/t12-,13+. The predicted molar refractivity (Wildman–Crippen MR) is 87.6 cm³/mol. The third kappa shape index (κ3) is 3.01. The average Bonchev–Trinajstić information content (AvgIpc) is 3.22. The molecule has 0 saturated carbocycles. The lowest BCUT2D eigenvalue weighted by atomic mass is 10.0. The number of thiazole rings is 1. The van der Waals surface area contributed by atoms with Gasteiger partial charge in [0, 0.05) is 37.1 Å². The molecule has 120 valence electrons. The maximum Gasteiger partial charge on any atom is 0.228 e. The molecule has 0 radical (unpaired) electrons. The molecule has 2 aromatic rings. The van der Waals surface area contributed by atoms with E-state index in [0.717, 1.165) is 42.4 Å². The van der Waals surface area contributed by atoms with Gasteiger partial charge in [-0.3, -0.25) is 4.79 Å². The van der Waals surface area contributed by atoms with E-state index in [1.54, 1.807) is 6.07 Å². The highest BCUT2D eigenvalue weighted by Crippen LogP contribution is 2.28. The van der Waals surface area contributed by atoms with E-state index in [4.69, 9.17) is 0 Å². The fourth-order valence-electron chi connectivity index (χ4n) is 3.47. The number of hydrogen-bond donors (Lipinski definition) is 1. The summed E-state index contributed by atoms with van der Waals surface area (Å²) in [6.45, 7) is 3.76. The van der Waals surface area contributed by atoms with Crippen molar-refractivity contribution in [1.29, 1.82) is 0 Å². The van der Waals surface area contributed by atoms with Crippen molar-refractivity contribution in [2.24, 2.45) is 11.8 Å². The molecule has 23 heavy (non-hydrogen) atoms. The first kappa shape index (κ1) is 14.8. The van der Waals surface area contributed by atoms with E-state index in [0.29, 0.717) is 18.3 Å². The Morgan fingerprint density at radius 3 is 2.87 bits per heavy atom. The van der Waals surface area contributed by atoms with Crippen LogP contribution >= 0.6 is 11.3 Å². The van der Waals surface area contributed by atoms with Gasteiger partial charge in [0.25, 0.3) is 0 Å². The van der Waals surface area contributed by atoms with Gasteiger partial charge in [-0.2, -0.15) is 0 Å². The highest BCUT2D eigenvalue weighted by atomic mass is 32.1. The number of halogens is 1. The van der Waals surface area contributed by atoms with E-state index in [1.807, 2.05) is 16.3 Å². The second-order valence-corrected chi connectivity index (χ2v) is 7.17. The Morgan fingerprint density at radius 1 is 1.35 bits per heavy atom. The summed E-state index contributed by atoms with van der Waals surface area (Å²) in [5.74, 6) is 1.09. The van der Waals surface area contributed by atoms with Crippen molar-refractivity contribution >= 4 is 17.2 Å². The molecule has 0 bridgehead atoms. The topological polar surface area (TPSA) is 45.2 Å². The van der Waals surface area contributed by atoms with Crippen molar-refractivity contribution in [3.63, 3.8) is 0 Å². The Morgan fingerprint density at radius 2 is 2.13 bits per heavy atom. The van der Waals surface area contributed by atoms with Gasteiger partial charge < -0.3 is 10.2 Å². The average molecular weight is 331 g/mol. The molecule has 2 aliphatic rings. The molecule has 0 unspecified atom stereocenters. The number of likely N-dealkylation sites (tertiary alicyclic amines) is 1. The van der Waals surface area contributed by atoms with Crippen LogP contribution in [0.3, 0.4) is 0 Å². The zero-order chi connectivity index (χ0) is 15.8. The van der Waals surface area contributed by atoms with Crippen LogP contribution < -0.4 is 5.32 Å². The van der Waals surface area contributed by atoms with Crippen LogP contribution in [0.4, 0.5) is 4.39 Å². The molecular formula is C17H18FN3OS. The number of nitrogens with zero attached hydrogens (tertiary/aromatic N) is 2. The van der Waals surface area contributed by atoms with Crippen molar-refractivity contribution in [2.45, 2.75) is 6.42 Å². The SMILES string of the molecule is O=C(Cc1csc(-c2cccc(F)c2)n1)N1C[C@H]2CNC[C@H]2C1. The lowest BCUT2D eigenvalue weighted by molar-refractivity contribution is -0.129. The normalized spacial score (nSPS) is 23.3. The summed E-state index contributed by atoms with van der Waals surface area (Å²) in [4.78, 5) is 18.9. The number of hydrogen-bond acceptors (Lipinski definition) is 4. The monoisotopic (exact) mass is 331 g/mol. The molecule has 6 heteroatoms. The van der Waals surface area contributed by atoms with Crippen molar-refractivity contribution in [2.75, 3.05) is 26.2 Å². The Bertz CT molecular complexity index is 720. The van der Waals surface area contributed by atoms with E-state index in [-0.39, 0.29) is 11.7 Å². The highest BCUT2D eigenvalue weighted by molar-refractivity contribution is 7.13. The van der Waals surface area contributed by atoms with E-state index in [1.165, 1.54) is 23.5 Å². The van der Waals surface area contributed by atoms with Crippen molar-refractivity contribution in [3.05, 3.63) is 41.2 Å². The summed E-state index contributed by atoms with van der Waals surface area (Å²) in [7, 11) is 0. The van der Waals surface area contributed by atoms with Crippen LogP contribution in [0.1, 0.15) is 5.69 Å². The molecule has 2 aliphatic heterocycles. The minimum absolute atomic E-state index is 0.149. The Balaban J connectivity index is 1.42. The molecule has 1 aromatic heterocycles. The summed E-state index contributed by atoms with van der Waals surface area (Å²) in [6, 6.07) is 6.40. The summed E-state index contributed by atoms with van der Waals surface area (Å²) < 4.78 is 13.3. The van der Waals surface area contributed by atoms with Crippen LogP contribution in [0, 0.1) is 17.7 Å². The Kier molecular flexibility index (Phi) is 3.87. The van der Waals surface area contributed by atoms with Crippen LogP contribution in [0.5, 0.6) is 0 Å². The fraction of sp³-hybridized carbons (Fsp3) is 0.412. The number of rotatable bonds is 3. The van der Waals surface area contributed by atoms with Gasteiger partial charge in [0.2, 0.25) is 5.91 Å². The number of fused-ring (bicyclic) bond motifs is 1. The minimum atomic E-state index is -0.271. The molecular weight excluding hydrogens is 313 g/mol. The molecule has 4 rings (SSSR count). The molecule has 4 nitrogen and oxygen atoms in total. The van der Waals surface area contributed by atoms with Gasteiger partial charge in [-0.15, -0.1) is 11.3 Å². The molecule has 2 saturated heterocycles. The van der Waals surface area contributed by atoms with Crippen LogP contribution in [0.15, 0.2) is 29.6 Å². The number of benzene rings is 1. The molecule has 3 heterocycles. The molecule has 1 amide bonds. The lowest BCUT2D eigenvalue weighted by Crippen LogP contribution is -2.33. The van der Waals surface area contributed by atoms with Gasteiger partial charge in [-0.25, -0.2) is 9.37 Å². The van der Waals surface area contributed by atoms with Crippen LogP contribution in [0.25, 0.3) is 10.6 Å². The van der Waals surface area contributed by atoms with Gasteiger partial charge in [-0.05, 0) is 24.0 Å². The number of amides is 1. The largest absolute Gasteiger partial charge is 0.342 e. The number of aromatic nitrogens is 1. The molecule has 0 spiro atoms. The molecule has 0 aliphatic carbocycles. The van der Waals surface area contributed by atoms with Crippen LogP contribution in [0.2, 0.25) is 0 Å². The summed E-state index contributed by atoms with van der Waals surface area (Å²) in [6.07, 6.45) is 0.332. The third-order valence-electron chi connectivity index (χ3n) is 4.70. The zero-order valence-electron chi connectivity index (χ0n) is 12.7. The second-order valence-electron chi connectivity index (χ2n) is 6.31. The second kappa shape index (κ2) is 6.02. The molecule has 1 N–H and O–H groups in total. The van der Waals surface area contributed by atoms with E-state index < -0.39 is 0 Å². The van der Waals surface area contributed by atoms with Crippen molar-refractivity contribution in [3.8, 4) is 10.6 Å². The molecule has 2 fully saturated rings. The van der Waals surface area contributed by atoms with Gasteiger partial charge in [0.05, 0.1) is 12.1 Å². The summed E-state index contributed by atoms with van der Waals surface area (Å²) >= 11 is 1.45. The first-order valence-electron chi connectivity index (χ1n) is 7.88. The molecule has 2 atom stereocenters. The zero-order valence-corrected chi connectivity index (χ0v) is 13.5. The minimum Gasteiger partial charge on any atom is -0.342 e. The fourth-order valence-corrected chi connectivity index (χ4v) is 4.28. The first-order chi connectivity index (χ1) is 11.2. The van der Waals surface area contributed by atoms with Gasteiger partial charge in [-0.1, -0.05) is 12.1 Å². The first-order valence-corrected chi connectivity index (χ1v) is 8.76. The Hall–Kier alpha value is -1.79. The number of carbonyl (C=O) groups is 1. The van der Waals surface area contributed by atoms with E-state index in [9.17, 15) is 9.18 Å². The van der Waals surface area contributed by atoms with Gasteiger partial charge in [0.1, 0.15) is 10.8 Å². The summed E-state index contributed by atoms with van der Waals surface area (Å²) in [5, 5.41) is 6.04. The maximum absolute atomic E-state index is 13.3. The maximum atomic E-state index is 13.3. The van der Waals surface area contributed by atoms with Gasteiger partial charge in [0.15, 0.2) is 0 Å². The van der Waals surface area contributed by atoms with Crippen molar-refractivity contribution in [1.82, 2.24) is 15.2 Å². The lowest BCUT2D eigenvalue weighted by Gasteiger charge is -2.16. The van der Waals surface area contributed by atoms with Gasteiger partial charge >= 0.3 is 0 Å². The third-order valence-corrected chi connectivity index (χ3v) is 5.64.